The van der Waals surface area contributed by atoms with E-state index >= 15 is 0 Å². The lowest BCUT2D eigenvalue weighted by atomic mass is 9.92. The maximum absolute atomic E-state index is 13.8. The van der Waals surface area contributed by atoms with E-state index in [0.717, 1.165) is 57.4 Å². The first-order chi connectivity index (χ1) is 53.1. The van der Waals surface area contributed by atoms with Crippen molar-refractivity contribution in [1.82, 2.24) is 41.4 Å². The fourth-order valence-corrected chi connectivity index (χ4v) is 10.9. The Hall–Kier alpha value is -12.2. The number of carbonyl (C=O) groups is 6. The number of rotatable bonds is 20. The molecule has 3 heterocycles. The molecule has 0 fully saturated rings. The number of nitrogens with two attached hydrogens (primary N) is 1. The number of benzene rings is 8. The second-order valence-electron chi connectivity index (χ2n) is 26.7. The third kappa shape index (κ3) is 29.0. The van der Waals surface area contributed by atoms with E-state index in [2.05, 4.69) is 36.0 Å². The Morgan fingerprint density at radius 1 is 0.562 bits per heavy atom. The number of halogens is 9. The summed E-state index contributed by atoms with van der Waals surface area (Å²) in [5.41, 5.74) is 7.39. The minimum absolute atomic E-state index is 0.0278. The van der Waals surface area contributed by atoms with Crippen molar-refractivity contribution < 1.29 is 93.1 Å². The maximum Gasteiger partial charge on any atom is 0.408 e. The third-order valence-corrected chi connectivity index (χ3v) is 15.5. The summed E-state index contributed by atoms with van der Waals surface area (Å²) in [5, 5.41) is 49.5. The number of aromatic nitrogens is 5. The number of hydrogen-bond acceptors (Lipinski definition) is 16. The van der Waals surface area contributed by atoms with E-state index in [0.29, 0.717) is 46.2 Å². The number of ether oxygens (including phenoxy) is 2. The van der Waals surface area contributed by atoms with Gasteiger partial charge in [0.1, 0.15) is 75.5 Å². The number of nitrogens with one attached hydrogen (secondary N) is 4. The van der Waals surface area contributed by atoms with Gasteiger partial charge in [-0.15, -0.1) is 43.6 Å². The van der Waals surface area contributed by atoms with Crippen molar-refractivity contribution in [3.05, 3.63) is 286 Å². The lowest BCUT2D eigenvalue weighted by molar-refractivity contribution is -0.139. The average Bonchev–Trinajstić information content (AvgIpc) is 1.68. The Labute approximate surface area is 648 Å². The molecule has 1 aliphatic carbocycles. The minimum atomic E-state index is -1.35. The molecule has 0 saturated carbocycles. The number of ketones is 1. The molecule has 9 N–H and O–H groups in total. The van der Waals surface area contributed by atoms with E-state index in [-0.39, 0.29) is 90.4 Å². The molecule has 588 valence electrons. The highest BCUT2D eigenvalue weighted by Gasteiger charge is 2.29. The molecule has 0 bridgehead atoms. The normalized spacial score (nSPS) is 12.1. The molecule has 112 heavy (non-hydrogen) atoms. The maximum atomic E-state index is 13.8. The van der Waals surface area contributed by atoms with Crippen LogP contribution in [0.1, 0.15) is 122 Å². The van der Waals surface area contributed by atoms with Crippen LogP contribution in [0.3, 0.4) is 0 Å². The molecule has 1 aliphatic rings. The standard InChI is InChI=1S/C27H21F2N3O3.C21H21F2N3O3.C14H17F2NO4.C11H9FO2.C7H8N2O.CH2Cl2/c28-20-9-16(10-21(29)13-20)8-18(27-32-31-26(35-27)17-4-2-1-3-5-17)11-23(34)12-19-15-30-25-7-6-22(33)14-24(19)25;1-21(2,3)29-20(27)24-17(11-13-9-15(22)12-16(23)10-13)19-26-25-18(28-19)14-7-5-4-6-8-14;1-14(2,3)21-13(20)17-11(12(18)19)6-8-4-9(15)7-10(16)5-8;12-9-4-3-7-1-2-8(5-11(13)14)10(7)6-9;8-9-7(10)6-4-2-1-3-5-6;2-1-3/h1-7,9-10,13-15,18,30,33H,8,11-12H2;4-10,12,17H,11H2,1-3H3,(H,24,27);4-5,7,11H,6H2,1-3H3,(H,17,20)(H,18,19);2-4,6H,1,5H2,(H,13,14);1-5H,8H2,(H,9,10);1H2/t18-;17-;11-;;;/m100.../s1. The van der Waals surface area contributed by atoms with Gasteiger partial charge in [0.15, 0.2) is 0 Å². The number of phenolic OH excluding ortho intramolecular Hbond substituents is 1. The molecule has 3 aromatic heterocycles. The molecule has 3 atom stereocenters. The summed E-state index contributed by atoms with van der Waals surface area (Å²) >= 11 is 9.53. The van der Waals surface area contributed by atoms with E-state index in [4.69, 9.17) is 57.6 Å². The second-order valence-corrected chi connectivity index (χ2v) is 27.5. The number of carboxylic acids is 2. The number of fused-ring (bicyclic) bond motifs is 2. The van der Waals surface area contributed by atoms with Gasteiger partial charge in [0.2, 0.25) is 23.6 Å². The van der Waals surface area contributed by atoms with Gasteiger partial charge in [-0.1, -0.05) is 66.7 Å². The Morgan fingerprint density at radius 3 is 1.53 bits per heavy atom. The van der Waals surface area contributed by atoms with Gasteiger partial charge in [0.05, 0.1) is 11.8 Å². The molecule has 0 unspecified atom stereocenters. The third-order valence-electron chi connectivity index (χ3n) is 15.5. The number of aliphatic carboxylic acids is 2. The van der Waals surface area contributed by atoms with Gasteiger partial charge >= 0.3 is 24.1 Å². The van der Waals surface area contributed by atoms with Gasteiger partial charge in [0, 0.05) is 83.6 Å². The van der Waals surface area contributed by atoms with Crippen molar-refractivity contribution in [3.8, 4) is 28.7 Å². The zero-order valence-corrected chi connectivity index (χ0v) is 62.6. The number of H-pyrrole nitrogens is 1. The molecule has 0 saturated heterocycles. The van der Waals surface area contributed by atoms with Gasteiger partial charge in [-0.3, -0.25) is 19.8 Å². The van der Waals surface area contributed by atoms with Gasteiger partial charge in [-0.25, -0.2) is 51.0 Å². The van der Waals surface area contributed by atoms with Crippen LogP contribution in [-0.2, 0) is 56.0 Å². The number of alkyl halides is 2. The number of amides is 3. The van der Waals surface area contributed by atoms with Crippen LogP contribution in [-0.4, -0.2) is 99.1 Å². The van der Waals surface area contributed by atoms with Crippen LogP contribution in [0.4, 0.5) is 40.3 Å². The fraction of sp³-hybridized carbons (Fsp3) is 0.235. The number of Topliss-reactive ketones (excluding diaryl/α,β-unsaturated/α-hetero) is 1. The predicted octanol–water partition coefficient (Wildman–Crippen LogP) is 17.0. The highest BCUT2D eigenvalue weighted by atomic mass is 35.5. The van der Waals surface area contributed by atoms with Crippen molar-refractivity contribution >= 4 is 75.5 Å². The molecule has 0 spiro atoms. The number of nitrogens with zero attached hydrogens (tertiary/aromatic N) is 4. The van der Waals surface area contributed by atoms with Crippen molar-refractivity contribution in [1.29, 1.82) is 0 Å². The number of hydrogen-bond donors (Lipinski definition) is 8. The van der Waals surface area contributed by atoms with Crippen molar-refractivity contribution in [2.45, 2.75) is 116 Å². The Balaban J connectivity index is 0.000000204. The number of aromatic hydroxyl groups is 1. The number of nitrogen functional groups attached to an aromatic ring is 1. The smallest absolute Gasteiger partial charge is 0.408 e. The highest BCUT2D eigenvalue weighted by molar-refractivity contribution is 6.40. The molecule has 31 heteroatoms. The first kappa shape index (κ1) is 87.0. The monoisotopic (exact) mass is 1590 g/mol. The lowest BCUT2D eigenvalue weighted by Gasteiger charge is -2.22. The van der Waals surface area contributed by atoms with E-state index in [1.807, 2.05) is 66.1 Å². The summed E-state index contributed by atoms with van der Waals surface area (Å²) in [4.78, 5) is 72.4. The first-order valence-electron chi connectivity index (χ1n) is 34.2. The van der Waals surface area contributed by atoms with E-state index in [9.17, 15) is 64.6 Å². The van der Waals surface area contributed by atoms with Gasteiger partial charge < -0.3 is 49.2 Å². The van der Waals surface area contributed by atoms with E-state index in [1.165, 1.54) is 36.4 Å². The SMILES string of the molecule is CC(C)(C)OC(=O)N[C@@H](Cc1cc(F)cc(F)c1)C(=O)O.CC(C)(C)OC(=O)N[C@@H](Cc1cc(F)cc(F)c1)c1nnc(-c2ccccc2)o1.ClCCl.NNC(=O)c1ccccc1.O=C(Cc1c[nH]c2ccc(O)cc12)C[C@@H](Cc1cc(F)cc(F)c1)c1nnc(-c2ccccc2)o1.O=C(O)CC1=CCc2ccc(F)cc21. The molecule has 12 rings (SSSR count). The van der Waals surface area contributed by atoms with E-state index in [1.54, 1.807) is 108 Å². The van der Waals surface area contributed by atoms with Gasteiger partial charge in [0.25, 0.3) is 5.91 Å². The second kappa shape index (κ2) is 41.5. The summed E-state index contributed by atoms with van der Waals surface area (Å²) in [6, 6.07) is 43.4. The molecular weight excluding hydrogens is 1510 g/mol. The summed E-state index contributed by atoms with van der Waals surface area (Å²) in [7, 11) is 0. The predicted molar refractivity (Wildman–Crippen MR) is 404 cm³/mol. The molecule has 0 radical (unpaired) electrons. The quantitative estimate of drug-likeness (QED) is 0.0116. The summed E-state index contributed by atoms with van der Waals surface area (Å²) in [5.74, 6) is -2.04. The summed E-state index contributed by atoms with van der Waals surface area (Å²) in [6.45, 7) is 10.1. The van der Waals surface area contributed by atoms with Crippen molar-refractivity contribution in [2.75, 3.05) is 5.34 Å². The summed E-state index contributed by atoms with van der Waals surface area (Å²) in [6.07, 6.45) is 2.69. The topological polar surface area (TPSA) is 337 Å². The molecule has 22 nitrogen and oxygen atoms in total. The van der Waals surface area contributed by atoms with Crippen LogP contribution in [0.15, 0.2) is 203 Å². The Kier molecular flexibility index (Phi) is 32.3. The highest BCUT2D eigenvalue weighted by Crippen LogP contribution is 2.33. The van der Waals surface area contributed by atoms with Gasteiger partial charge in [-0.05, 0) is 196 Å². The molecule has 11 aromatic rings. The van der Waals surface area contributed by atoms with Gasteiger partial charge in [-0.2, -0.15) is 0 Å². The van der Waals surface area contributed by atoms with E-state index < -0.39 is 88.2 Å². The largest absolute Gasteiger partial charge is 0.508 e. The number of carboxylic acid groups (broad SMARTS) is 2. The lowest BCUT2D eigenvalue weighted by Crippen LogP contribution is -2.44. The molecule has 8 aromatic carbocycles. The van der Waals surface area contributed by atoms with Crippen LogP contribution < -0.4 is 21.9 Å². The van der Waals surface area contributed by atoms with Crippen LogP contribution in [0.5, 0.6) is 5.75 Å². The first-order valence-corrected chi connectivity index (χ1v) is 35.2. The molecule has 3 amide bonds. The molecule has 0 aliphatic heterocycles. The number of hydrazine groups is 1. The number of phenols is 1. The summed E-state index contributed by atoms with van der Waals surface area (Å²) < 4.78 is 116. The number of alkyl carbamates (subject to hydrolysis) is 2. The number of carbonyl (C=O) groups excluding carboxylic acids is 4. The minimum Gasteiger partial charge on any atom is -0.508 e. The fourth-order valence-electron chi connectivity index (χ4n) is 10.9. The van der Waals surface area contributed by atoms with Crippen molar-refractivity contribution in [3.63, 3.8) is 0 Å². The zero-order chi connectivity index (χ0) is 81.8. The number of aromatic amines is 1. The Morgan fingerprint density at radius 2 is 1.04 bits per heavy atom. The van der Waals surface area contributed by atoms with Crippen LogP contribution in [0, 0.1) is 40.7 Å². The van der Waals surface area contributed by atoms with Crippen LogP contribution in [0.25, 0.3) is 39.4 Å². The Bertz CT molecular complexity index is 4960. The average molecular weight is 1590 g/mol. The zero-order valence-electron chi connectivity index (χ0n) is 61.1. The van der Waals surface area contributed by atoms with Crippen molar-refractivity contribution in [2.24, 2.45) is 5.84 Å². The van der Waals surface area contributed by atoms with Crippen LogP contribution >= 0.6 is 23.2 Å². The number of allylic oxidation sites excluding steroid dienone is 1. The van der Waals surface area contributed by atoms with Crippen LogP contribution in [0.2, 0.25) is 0 Å². The molecular formula is C81H78Cl2F7N9O13.